The van der Waals surface area contributed by atoms with E-state index in [1.165, 1.54) is 18.2 Å². The van der Waals surface area contributed by atoms with Gasteiger partial charge in [0, 0.05) is 41.8 Å². The van der Waals surface area contributed by atoms with Crippen molar-refractivity contribution in [1.82, 2.24) is 14.5 Å². The molecular weight excluding hydrogens is 323 g/mol. The van der Waals surface area contributed by atoms with Crippen molar-refractivity contribution in [2.75, 3.05) is 7.05 Å². The van der Waals surface area contributed by atoms with Gasteiger partial charge in [-0.2, -0.15) is 0 Å². The zero-order valence-corrected chi connectivity index (χ0v) is 12.7. The smallest absolute Gasteiger partial charge is 0.269 e. The third kappa shape index (κ3) is 3.63. The lowest BCUT2D eigenvalue weighted by molar-refractivity contribution is -0.384. The van der Waals surface area contributed by atoms with Gasteiger partial charge in [0.25, 0.3) is 5.69 Å². The maximum atomic E-state index is 10.8. The highest BCUT2D eigenvalue weighted by molar-refractivity contribution is 7.10. The predicted molar refractivity (Wildman–Crippen MR) is 78.2 cm³/mol. The summed E-state index contributed by atoms with van der Waals surface area (Å²) in [6, 6.07) is 4.38. The van der Waals surface area contributed by atoms with Gasteiger partial charge in [0.2, 0.25) is 0 Å². The van der Waals surface area contributed by atoms with Crippen LogP contribution in [0.25, 0.3) is 0 Å². The van der Waals surface area contributed by atoms with Gasteiger partial charge in [-0.05, 0) is 18.7 Å². The average molecular weight is 333 g/mol. The van der Waals surface area contributed by atoms with Crippen molar-refractivity contribution in [3.05, 3.63) is 48.9 Å². The minimum absolute atomic E-state index is 0.0196. The molecule has 0 atom stereocenters. The Bertz CT molecular complexity index is 635. The van der Waals surface area contributed by atoms with Crippen molar-refractivity contribution >= 4 is 40.4 Å². The monoisotopic (exact) mass is 332 g/mol. The highest BCUT2D eigenvalue weighted by Crippen LogP contribution is 2.24. The van der Waals surface area contributed by atoms with Gasteiger partial charge in [-0.25, -0.2) is 0 Å². The average Bonchev–Trinajstić information content (AvgIpc) is 2.77. The van der Waals surface area contributed by atoms with Gasteiger partial charge in [-0.15, -0.1) is 5.10 Å². The summed E-state index contributed by atoms with van der Waals surface area (Å²) in [6.45, 7) is 0.947. The molecule has 0 saturated carbocycles. The van der Waals surface area contributed by atoms with Crippen molar-refractivity contribution < 1.29 is 4.92 Å². The molecule has 0 amide bonds. The molecular formula is C11H10Cl2N4O2S. The standard InChI is InChI=1S/C11H10Cl2N4O2S/c1-16(6-10-11(13)20-15-14-10)5-7-4-8(17(18)19)2-3-9(7)12/h2-4H,5-6H2,1H3. The molecule has 0 aliphatic rings. The quantitative estimate of drug-likeness (QED) is 0.619. The number of aromatic nitrogens is 2. The summed E-state index contributed by atoms with van der Waals surface area (Å²) in [5.41, 5.74) is 1.38. The Morgan fingerprint density at radius 3 is 2.75 bits per heavy atom. The van der Waals surface area contributed by atoms with E-state index in [4.69, 9.17) is 23.2 Å². The number of nitro benzene ring substituents is 1. The molecule has 1 heterocycles. The number of hydrogen-bond acceptors (Lipinski definition) is 6. The fourth-order valence-electron chi connectivity index (χ4n) is 1.69. The van der Waals surface area contributed by atoms with E-state index in [0.717, 1.165) is 11.5 Å². The SMILES string of the molecule is CN(Cc1cc([N+](=O)[O-])ccc1Cl)Cc1nnsc1Cl. The first-order chi connectivity index (χ1) is 9.47. The van der Waals surface area contributed by atoms with Crippen molar-refractivity contribution in [2.24, 2.45) is 0 Å². The molecule has 2 rings (SSSR count). The van der Waals surface area contributed by atoms with Crippen LogP contribution in [-0.4, -0.2) is 26.5 Å². The number of hydrogen-bond donors (Lipinski definition) is 0. The van der Waals surface area contributed by atoms with E-state index in [0.29, 0.717) is 33.7 Å². The molecule has 0 aliphatic heterocycles. The third-order valence-electron chi connectivity index (χ3n) is 2.61. The first-order valence-corrected chi connectivity index (χ1v) is 7.08. The lowest BCUT2D eigenvalue weighted by atomic mass is 10.2. The molecule has 0 saturated heterocycles. The molecule has 1 aromatic heterocycles. The van der Waals surface area contributed by atoms with Crippen molar-refractivity contribution in [3.8, 4) is 0 Å². The van der Waals surface area contributed by atoms with E-state index in [1.807, 2.05) is 11.9 Å². The van der Waals surface area contributed by atoms with E-state index in [-0.39, 0.29) is 5.69 Å². The maximum Gasteiger partial charge on any atom is 0.269 e. The molecule has 0 N–H and O–H groups in total. The van der Waals surface area contributed by atoms with Gasteiger partial charge < -0.3 is 0 Å². The Morgan fingerprint density at radius 2 is 2.15 bits per heavy atom. The molecule has 0 aliphatic carbocycles. The zero-order chi connectivity index (χ0) is 14.7. The second-order valence-corrected chi connectivity index (χ2v) is 5.96. The molecule has 9 heteroatoms. The van der Waals surface area contributed by atoms with E-state index < -0.39 is 4.92 Å². The van der Waals surface area contributed by atoms with Crippen LogP contribution in [0, 0.1) is 10.1 Å². The Labute approximate surface area is 129 Å². The minimum atomic E-state index is -0.443. The molecule has 0 fully saturated rings. The summed E-state index contributed by atoms with van der Waals surface area (Å²) >= 11 is 13.1. The van der Waals surface area contributed by atoms with Crippen LogP contribution >= 0.6 is 34.7 Å². The summed E-state index contributed by atoms with van der Waals surface area (Å²) in [5.74, 6) is 0. The third-order valence-corrected chi connectivity index (χ3v) is 3.96. The summed E-state index contributed by atoms with van der Waals surface area (Å²) in [6.07, 6.45) is 0. The maximum absolute atomic E-state index is 10.8. The summed E-state index contributed by atoms with van der Waals surface area (Å²) in [7, 11) is 1.85. The number of benzene rings is 1. The van der Waals surface area contributed by atoms with E-state index >= 15 is 0 Å². The predicted octanol–water partition coefficient (Wildman–Crippen LogP) is 3.39. The minimum Gasteiger partial charge on any atom is -0.296 e. The van der Waals surface area contributed by atoms with Gasteiger partial charge in [-0.3, -0.25) is 15.0 Å². The Morgan fingerprint density at radius 1 is 1.40 bits per heavy atom. The lowest BCUT2D eigenvalue weighted by Crippen LogP contribution is -2.18. The molecule has 1 aromatic carbocycles. The number of halogens is 2. The molecule has 106 valence electrons. The van der Waals surface area contributed by atoms with E-state index in [9.17, 15) is 10.1 Å². The lowest BCUT2D eigenvalue weighted by Gasteiger charge is -2.16. The molecule has 0 unspecified atom stereocenters. The van der Waals surface area contributed by atoms with Crippen LogP contribution in [-0.2, 0) is 13.1 Å². The first-order valence-electron chi connectivity index (χ1n) is 5.55. The van der Waals surface area contributed by atoms with Crippen molar-refractivity contribution in [2.45, 2.75) is 13.1 Å². The molecule has 0 spiro atoms. The fourth-order valence-corrected chi connectivity index (χ4v) is 2.48. The normalized spacial score (nSPS) is 11.0. The fraction of sp³-hybridized carbons (Fsp3) is 0.273. The summed E-state index contributed by atoms with van der Waals surface area (Å²) in [4.78, 5) is 12.2. The largest absolute Gasteiger partial charge is 0.296 e. The van der Waals surface area contributed by atoms with Crippen LogP contribution in [0.3, 0.4) is 0 Å². The highest BCUT2D eigenvalue weighted by atomic mass is 35.5. The van der Waals surface area contributed by atoms with Crippen molar-refractivity contribution in [1.29, 1.82) is 0 Å². The van der Waals surface area contributed by atoms with Crippen LogP contribution in [0.4, 0.5) is 5.69 Å². The van der Waals surface area contributed by atoms with Gasteiger partial charge in [-0.1, -0.05) is 27.7 Å². The van der Waals surface area contributed by atoms with Crippen LogP contribution in [0.2, 0.25) is 9.36 Å². The van der Waals surface area contributed by atoms with Crippen molar-refractivity contribution in [3.63, 3.8) is 0 Å². The Hall–Kier alpha value is -1.28. The second-order valence-electron chi connectivity index (χ2n) is 4.20. The number of non-ortho nitro benzene ring substituents is 1. The molecule has 0 radical (unpaired) electrons. The summed E-state index contributed by atoms with van der Waals surface area (Å²) < 4.78 is 4.30. The molecule has 0 bridgehead atoms. The Kier molecular flexibility index (Phi) is 4.87. The molecule has 6 nitrogen and oxygen atoms in total. The molecule has 2 aromatic rings. The molecule has 20 heavy (non-hydrogen) atoms. The van der Waals surface area contributed by atoms with E-state index in [1.54, 1.807) is 0 Å². The highest BCUT2D eigenvalue weighted by Gasteiger charge is 2.13. The van der Waals surface area contributed by atoms with Crippen LogP contribution in [0.1, 0.15) is 11.3 Å². The zero-order valence-electron chi connectivity index (χ0n) is 10.4. The second kappa shape index (κ2) is 6.45. The van der Waals surface area contributed by atoms with Gasteiger partial charge in [0.15, 0.2) is 0 Å². The van der Waals surface area contributed by atoms with Crippen LogP contribution in [0.15, 0.2) is 18.2 Å². The number of nitrogens with zero attached hydrogens (tertiary/aromatic N) is 4. The number of rotatable bonds is 5. The topological polar surface area (TPSA) is 72.2 Å². The number of nitro groups is 1. The Balaban J connectivity index is 2.11. The summed E-state index contributed by atoms with van der Waals surface area (Å²) in [5, 5.41) is 15.2. The van der Waals surface area contributed by atoms with E-state index in [2.05, 4.69) is 9.59 Å². The van der Waals surface area contributed by atoms with Gasteiger partial charge in [0.05, 0.1) is 4.92 Å². The van der Waals surface area contributed by atoms with Gasteiger partial charge in [0.1, 0.15) is 10.0 Å². The van der Waals surface area contributed by atoms with Crippen LogP contribution in [0.5, 0.6) is 0 Å². The van der Waals surface area contributed by atoms with Crippen LogP contribution < -0.4 is 0 Å². The first kappa shape index (κ1) is 15.1. The van der Waals surface area contributed by atoms with Gasteiger partial charge >= 0.3 is 0 Å².